The van der Waals surface area contributed by atoms with Crippen molar-refractivity contribution in [3.05, 3.63) is 35.3 Å². The molecule has 17 nitrogen and oxygen atoms in total. The second-order valence-electron chi connectivity index (χ2n) is 13.7. The van der Waals surface area contributed by atoms with Crippen molar-refractivity contribution in [1.29, 1.82) is 0 Å². The first-order valence-corrected chi connectivity index (χ1v) is 23.5. The number of nitrogens with one attached hydrogen (secondary N) is 2. The van der Waals surface area contributed by atoms with E-state index in [0.29, 0.717) is 18.7 Å². The zero-order valence-corrected chi connectivity index (χ0v) is 31.5. The Morgan fingerprint density at radius 2 is 2.02 bits per heavy atom. The third-order valence-electron chi connectivity index (χ3n) is 9.31. The summed E-state index contributed by atoms with van der Waals surface area (Å²) in [5, 5.41) is 3.03. The van der Waals surface area contributed by atoms with Gasteiger partial charge in [-0.15, -0.1) is 0 Å². The molecule has 0 radical (unpaired) electrons. The van der Waals surface area contributed by atoms with E-state index in [-0.39, 0.29) is 48.0 Å². The number of ether oxygens (including phenoxy) is 1. The van der Waals surface area contributed by atoms with Crippen molar-refractivity contribution in [2.45, 2.75) is 81.8 Å². The molecule has 0 aromatic carbocycles. The summed E-state index contributed by atoms with van der Waals surface area (Å²) in [4.78, 5) is 43.3. The molecule has 48 heavy (non-hydrogen) atoms. The Bertz CT molecular complexity index is 1810. The van der Waals surface area contributed by atoms with Crippen LogP contribution in [0.4, 0.5) is 11.8 Å². The van der Waals surface area contributed by atoms with Gasteiger partial charge in [0.25, 0.3) is 5.56 Å². The Morgan fingerprint density at radius 1 is 1.25 bits per heavy atom. The number of nitrogen functional groups attached to an aromatic ring is 1. The number of aromatic nitrogens is 6. The number of thiol groups is 1. The van der Waals surface area contributed by atoms with Gasteiger partial charge in [0.05, 0.1) is 32.3 Å². The minimum Gasteiger partial charge on any atom is -0.406 e. The fourth-order valence-corrected chi connectivity index (χ4v) is 10.4. The highest BCUT2D eigenvalue weighted by Gasteiger charge is 2.60. The number of nitrogens with zero attached hydrogens (tertiary/aromatic N) is 5. The molecule has 3 aromatic rings. The van der Waals surface area contributed by atoms with Gasteiger partial charge in [-0.2, -0.15) is 4.98 Å². The molecule has 8 atom stereocenters. The van der Waals surface area contributed by atoms with Crippen molar-refractivity contribution in [3.63, 3.8) is 0 Å². The monoisotopic (exact) mass is 762 g/mol. The predicted octanol–water partition coefficient (Wildman–Crippen LogP) is 3.53. The van der Waals surface area contributed by atoms with Gasteiger partial charge in [-0.1, -0.05) is 33.0 Å². The lowest BCUT2D eigenvalue weighted by molar-refractivity contribution is -0.0866. The summed E-state index contributed by atoms with van der Waals surface area (Å²) in [6, 6.07) is 1.58. The average molecular weight is 763 g/mol. The van der Waals surface area contributed by atoms with Crippen LogP contribution in [0.3, 0.4) is 0 Å². The van der Waals surface area contributed by atoms with Gasteiger partial charge in [-0.3, -0.25) is 18.9 Å². The van der Waals surface area contributed by atoms with Crippen LogP contribution in [0.15, 0.2) is 29.7 Å². The van der Waals surface area contributed by atoms with E-state index in [1.54, 1.807) is 12.3 Å². The molecule has 2 aliphatic heterocycles. The number of imidazole rings is 1. The van der Waals surface area contributed by atoms with Crippen LogP contribution in [-0.4, -0.2) is 86.9 Å². The summed E-state index contributed by atoms with van der Waals surface area (Å²) in [6.45, 7) is 1.40. The van der Waals surface area contributed by atoms with Crippen molar-refractivity contribution in [2.24, 2.45) is 5.92 Å². The SMILES string of the molecule is CC(C)(C)[Si](C)(C)OC1[C@H]2COP(O)(=S)O[C@H]3C[C@H](Nc4ccncn4)C[C@@H]3COP(=O)(S)O[C@]1(n1cnc3c(=O)[nH]c(N)nc31)CO2. The lowest BCUT2D eigenvalue weighted by Crippen LogP contribution is -2.56. The molecule has 2 bridgehead atoms. The molecular formula is C26H40N8O9P2S2Si. The topological polar surface area (TPSA) is 220 Å². The molecule has 6 rings (SSSR count). The number of hydrogen-bond acceptors (Lipinski definition) is 15. The van der Waals surface area contributed by atoms with Crippen LogP contribution in [0.2, 0.25) is 18.1 Å². The highest BCUT2D eigenvalue weighted by Crippen LogP contribution is 2.61. The third-order valence-corrected chi connectivity index (χ3v) is 17.0. The summed E-state index contributed by atoms with van der Waals surface area (Å²) < 4.78 is 53.4. The molecule has 3 unspecified atom stereocenters. The molecule has 264 valence electrons. The van der Waals surface area contributed by atoms with Gasteiger partial charge in [0.2, 0.25) is 11.7 Å². The third kappa shape index (κ3) is 7.31. The smallest absolute Gasteiger partial charge is 0.388 e. The Morgan fingerprint density at radius 3 is 2.73 bits per heavy atom. The molecule has 5 N–H and O–H groups in total. The van der Waals surface area contributed by atoms with E-state index < -0.39 is 57.3 Å². The molecule has 3 aliphatic rings. The minimum atomic E-state index is -4.28. The number of fused-ring (bicyclic) bond motifs is 4. The predicted molar refractivity (Wildman–Crippen MR) is 185 cm³/mol. The number of hydrogen-bond donors (Lipinski definition) is 5. The quantitative estimate of drug-likeness (QED) is 0.143. The standard InChI is InChI=1S/C26H40N8O9P2S2Si/c1-25(2,3)48(4,5)42-21-18-11-40-44(36,46)41-17-9-16(31-19-6-7-28-13-29-19)8-15(17)10-39-45(37,47)43-26(21,12-38-18)34-14-30-20-22(34)32-24(27)33-23(20)35/h6-7,13-18,21H,8-12H2,1-5H3,(H,36,46)(H,37,47)(H,28,29,31)(H3,27,32,33,35)/t15-,16-,17+,18-,21?,26-,44?,45?/m1/s1. The van der Waals surface area contributed by atoms with Crippen LogP contribution < -0.4 is 16.6 Å². The fourth-order valence-electron chi connectivity index (χ4n) is 5.90. The zero-order chi connectivity index (χ0) is 34.7. The first-order chi connectivity index (χ1) is 22.4. The normalized spacial score (nSPS) is 35.0. The van der Waals surface area contributed by atoms with Crippen LogP contribution in [0.5, 0.6) is 0 Å². The number of H-pyrrole nitrogens is 1. The van der Waals surface area contributed by atoms with Gasteiger partial charge >= 0.3 is 13.5 Å². The van der Waals surface area contributed by atoms with Crippen molar-refractivity contribution in [1.82, 2.24) is 29.5 Å². The highest BCUT2D eigenvalue weighted by atomic mass is 32.7. The van der Waals surface area contributed by atoms with Gasteiger partial charge in [-0.25, -0.2) is 19.5 Å². The number of anilines is 2. The van der Waals surface area contributed by atoms with E-state index in [2.05, 4.69) is 63.3 Å². The second kappa shape index (κ2) is 13.1. The van der Waals surface area contributed by atoms with E-state index >= 15 is 0 Å². The number of rotatable bonds is 5. The Kier molecular flexibility index (Phi) is 9.80. The van der Waals surface area contributed by atoms with E-state index in [1.807, 2.05) is 13.1 Å². The van der Waals surface area contributed by atoms with E-state index in [0.717, 1.165) is 0 Å². The summed E-state index contributed by atoms with van der Waals surface area (Å²) in [7, 11) is -2.67. The average Bonchev–Trinajstić information content (AvgIpc) is 3.66. The molecule has 0 amide bonds. The van der Waals surface area contributed by atoms with Crippen molar-refractivity contribution in [3.8, 4) is 0 Å². The van der Waals surface area contributed by atoms with Crippen LogP contribution >= 0.6 is 25.8 Å². The van der Waals surface area contributed by atoms with Crippen LogP contribution in [-0.2, 0) is 49.4 Å². The maximum Gasteiger partial charge on any atom is 0.388 e. The van der Waals surface area contributed by atoms with E-state index in [4.69, 9.17) is 44.8 Å². The van der Waals surface area contributed by atoms with Crippen molar-refractivity contribution >= 4 is 68.8 Å². The van der Waals surface area contributed by atoms with E-state index in [1.165, 1.54) is 17.2 Å². The summed E-state index contributed by atoms with van der Waals surface area (Å²) in [5.41, 5.74) is 3.55. The Hall–Kier alpha value is -1.80. The largest absolute Gasteiger partial charge is 0.406 e. The molecule has 1 saturated carbocycles. The molecule has 22 heteroatoms. The van der Waals surface area contributed by atoms with Gasteiger partial charge < -0.3 is 38.7 Å². The second-order valence-corrected chi connectivity index (χ2v) is 24.1. The first kappa shape index (κ1) is 36.0. The summed E-state index contributed by atoms with van der Waals surface area (Å²) >= 11 is 9.92. The molecule has 2 saturated heterocycles. The Balaban J connectivity index is 1.42. The molecule has 5 heterocycles. The summed E-state index contributed by atoms with van der Waals surface area (Å²) in [5.74, 6) is 0.0403. The van der Waals surface area contributed by atoms with Crippen LogP contribution in [0.1, 0.15) is 33.6 Å². The molecule has 1 aliphatic carbocycles. The maximum absolute atomic E-state index is 14.3. The molecular weight excluding hydrogens is 723 g/mol. The van der Waals surface area contributed by atoms with Gasteiger partial charge in [0.1, 0.15) is 24.4 Å². The van der Waals surface area contributed by atoms with Crippen molar-refractivity contribution in [2.75, 3.05) is 30.9 Å². The number of nitrogens with two attached hydrogens (primary N) is 1. The van der Waals surface area contributed by atoms with Gasteiger partial charge in [-0.05, 0) is 48.8 Å². The first-order valence-electron chi connectivity index (χ1n) is 15.3. The number of aromatic amines is 1. The van der Waals surface area contributed by atoms with Crippen LogP contribution in [0, 0.1) is 5.92 Å². The van der Waals surface area contributed by atoms with Crippen LogP contribution in [0.25, 0.3) is 11.2 Å². The Labute approximate surface area is 288 Å². The highest BCUT2D eigenvalue weighted by molar-refractivity contribution is 8.44. The lowest BCUT2D eigenvalue weighted by Gasteiger charge is -2.44. The minimum absolute atomic E-state index is 0.0352. The lowest BCUT2D eigenvalue weighted by atomic mass is 10.1. The molecule has 3 fully saturated rings. The summed E-state index contributed by atoms with van der Waals surface area (Å²) in [6.07, 6.45) is 2.64. The molecule has 0 spiro atoms. The van der Waals surface area contributed by atoms with Crippen molar-refractivity contribution < 1.29 is 36.7 Å². The van der Waals surface area contributed by atoms with Gasteiger partial charge in [0, 0.05) is 18.2 Å². The molecule has 3 aromatic heterocycles. The van der Waals surface area contributed by atoms with Gasteiger partial charge in [0.15, 0.2) is 19.5 Å². The maximum atomic E-state index is 14.3. The fraction of sp³-hybridized carbons (Fsp3) is 0.654. The van der Waals surface area contributed by atoms with E-state index in [9.17, 15) is 14.3 Å². The zero-order valence-electron chi connectivity index (χ0n) is 27.0.